The third-order valence-electron chi connectivity index (χ3n) is 5.14. The third kappa shape index (κ3) is 5.39. The number of ether oxygens (including phenoxy) is 1. The first-order valence-electron chi connectivity index (χ1n) is 9.85. The summed E-state index contributed by atoms with van der Waals surface area (Å²) < 4.78 is 7.50. The Morgan fingerprint density at radius 1 is 1.20 bits per heavy atom. The molecule has 0 N–H and O–H groups in total. The van der Waals surface area contributed by atoms with Crippen molar-refractivity contribution in [3.63, 3.8) is 0 Å². The van der Waals surface area contributed by atoms with E-state index in [1.165, 1.54) is 0 Å². The van der Waals surface area contributed by atoms with Gasteiger partial charge in [-0.3, -0.25) is 14.6 Å². The number of rotatable bonds is 6. The molecule has 1 aliphatic rings. The number of benzene rings is 2. The Morgan fingerprint density at radius 3 is 2.63 bits per heavy atom. The molecular formula is C22H25BrClN3O2S. The SMILES string of the molecule is Cc1cccc2sc(N(CCCN3CCOCC3)C(=O)c3ccc(Br)cc3)nc12.Cl. The van der Waals surface area contributed by atoms with Crippen molar-refractivity contribution >= 4 is 60.9 Å². The van der Waals surface area contributed by atoms with E-state index in [-0.39, 0.29) is 18.3 Å². The van der Waals surface area contributed by atoms with Gasteiger partial charge in [-0.15, -0.1) is 12.4 Å². The van der Waals surface area contributed by atoms with Crippen molar-refractivity contribution in [1.29, 1.82) is 0 Å². The fourth-order valence-electron chi connectivity index (χ4n) is 3.50. The number of anilines is 1. The van der Waals surface area contributed by atoms with Crippen LogP contribution in [0.4, 0.5) is 5.13 Å². The molecule has 2 aromatic carbocycles. The van der Waals surface area contributed by atoms with Crippen LogP contribution in [-0.2, 0) is 4.74 Å². The van der Waals surface area contributed by atoms with Gasteiger partial charge in [0.05, 0.1) is 23.4 Å². The van der Waals surface area contributed by atoms with Gasteiger partial charge < -0.3 is 4.74 Å². The van der Waals surface area contributed by atoms with Gasteiger partial charge in [-0.1, -0.05) is 39.4 Å². The Kier molecular flexibility index (Phi) is 8.25. The number of fused-ring (bicyclic) bond motifs is 1. The minimum Gasteiger partial charge on any atom is -0.379 e. The molecule has 0 aliphatic carbocycles. The van der Waals surface area contributed by atoms with E-state index >= 15 is 0 Å². The summed E-state index contributed by atoms with van der Waals surface area (Å²) in [7, 11) is 0. The molecule has 1 aliphatic heterocycles. The first-order chi connectivity index (χ1) is 14.1. The van der Waals surface area contributed by atoms with Crippen molar-refractivity contribution < 1.29 is 9.53 Å². The van der Waals surface area contributed by atoms with Crippen LogP contribution < -0.4 is 4.90 Å². The van der Waals surface area contributed by atoms with Crippen LogP contribution in [0, 0.1) is 6.92 Å². The van der Waals surface area contributed by atoms with E-state index < -0.39 is 0 Å². The zero-order valence-corrected chi connectivity index (χ0v) is 20.1. The molecule has 0 saturated carbocycles. The fraction of sp³-hybridized carbons (Fsp3) is 0.364. The molecule has 0 spiro atoms. The number of hydrogen-bond acceptors (Lipinski definition) is 5. The van der Waals surface area contributed by atoms with Crippen LogP contribution in [0.3, 0.4) is 0 Å². The zero-order chi connectivity index (χ0) is 20.2. The van der Waals surface area contributed by atoms with Crippen LogP contribution in [0.2, 0.25) is 0 Å². The van der Waals surface area contributed by atoms with Crippen LogP contribution in [0.1, 0.15) is 22.3 Å². The van der Waals surface area contributed by atoms with E-state index in [2.05, 4.69) is 39.9 Å². The standard InChI is InChI=1S/C22H24BrN3O2S.ClH/c1-16-4-2-5-19-20(16)24-22(29-19)26(11-3-10-25-12-14-28-15-13-25)21(27)17-6-8-18(23)9-7-17;/h2,4-9H,3,10-15H2,1H3;1H. The predicted molar refractivity (Wildman–Crippen MR) is 129 cm³/mol. The molecule has 8 heteroatoms. The van der Waals surface area contributed by atoms with Crippen molar-refractivity contribution in [3.8, 4) is 0 Å². The average Bonchev–Trinajstić information content (AvgIpc) is 3.17. The Labute approximate surface area is 195 Å². The van der Waals surface area contributed by atoms with Gasteiger partial charge in [-0.2, -0.15) is 0 Å². The second-order valence-electron chi connectivity index (χ2n) is 7.19. The summed E-state index contributed by atoms with van der Waals surface area (Å²) in [6.45, 7) is 7.16. The third-order valence-corrected chi connectivity index (χ3v) is 6.71. The molecule has 0 atom stereocenters. The van der Waals surface area contributed by atoms with Crippen molar-refractivity contribution in [2.45, 2.75) is 13.3 Å². The van der Waals surface area contributed by atoms with Gasteiger partial charge in [-0.25, -0.2) is 4.98 Å². The molecular weight excluding hydrogens is 486 g/mol. The smallest absolute Gasteiger partial charge is 0.260 e. The molecule has 0 bridgehead atoms. The van der Waals surface area contributed by atoms with Gasteiger partial charge in [-0.05, 0) is 49.2 Å². The van der Waals surface area contributed by atoms with Crippen LogP contribution in [0.5, 0.6) is 0 Å². The first-order valence-corrected chi connectivity index (χ1v) is 11.5. The molecule has 0 radical (unpaired) electrons. The lowest BCUT2D eigenvalue weighted by atomic mass is 10.2. The number of aromatic nitrogens is 1. The van der Waals surface area contributed by atoms with E-state index in [0.717, 1.165) is 64.7 Å². The van der Waals surface area contributed by atoms with Crippen LogP contribution in [-0.4, -0.2) is 55.2 Å². The first kappa shape index (κ1) is 23.2. The lowest BCUT2D eigenvalue weighted by molar-refractivity contribution is 0.0376. The molecule has 1 fully saturated rings. The number of morpholine rings is 1. The van der Waals surface area contributed by atoms with Gasteiger partial charge in [0.25, 0.3) is 5.91 Å². The molecule has 3 aromatic rings. The topological polar surface area (TPSA) is 45.7 Å². The van der Waals surface area contributed by atoms with Crippen molar-refractivity contribution in [2.24, 2.45) is 0 Å². The summed E-state index contributed by atoms with van der Waals surface area (Å²) in [6, 6.07) is 13.7. The second kappa shape index (κ2) is 10.7. The predicted octanol–water partition coefficient (Wildman–Crippen LogP) is 5.16. The maximum Gasteiger partial charge on any atom is 0.260 e. The van der Waals surface area contributed by atoms with E-state index in [4.69, 9.17) is 9.72 Å². The minimum absolute atomic E-state index is 0. The maximum absolute atomic E-state index is 13.3. The fourth-order valence-corrected chi connectivity index (χ4v) is 4.83. The number of aryl methyl sites for hydroxylation is 1. The van der Waals surface area contributed by atoms with Crippen molar-refractivity contribution in [1.82, 2.24) is 9.88 Å². The van der Waals surface area contributed by atoms with E-state index in [1.807, 2.05) is 35.2 Å². The van der Waals surface area contributed by atoms with Gasteiger partial charge >= 0.3 is 0 Å². The van der Waals surface area contributed by atoms with E-state index in [1.54, 1.807) is 11.3 Å². The Hall–Kier alpha value is -1.51. The second-order valence-corrected chi connectivity index (χ2v) is 9.11. The normalized spacial score (nSPS) is 14.5. The van der Waals surface area contributed by atoms with Gasteiger partial charge in [0.2, 0.25) is 0 Å². The molecule has 1 aromatic heterocycles. The Bertz CT molecular complexity index is 990. The molecule has 1 amide bonds. The van der Waals surface area contributed by atoms with Crippen LogP contribution >= 0.6 is 39.7 Å². The molecule has 2 heterocycles. The number of amides is 1. The van der Waals surface area contributed by atoms with E-state index in [0.29, 0.717) is 12.1 Å². The Balaban J connectivity index is 0.00000256. The Morgan fingerprint density at radius 2 is 1.93 bits per heavy atom. The summed E-state index contributed by atoms with van der Waals surface area (Å²) in [5, 5.41) is 0.768. The van der Waals surface area contributed by atoms with Crippen LogP contribution in [0.25, 0.3) is 10.2 Å². The quantitative estimate of drug-likeness (QED) is 0.460. The molecule has 1 saturated heterocycles. The summed E-state index contributed by atoms with van der Waals surface area (Å²) >= 11 is 5.03. The largest absolute Gasteiger partial charge is 0.379 e. The number of halogens is 2. The number of hydrogen-bond donors (Lipinski definition) is 0. The lowest BCUT2D eigenvalue weighted by Gasteiger charge is -2.27. The van der Waals surface area contributed by atoms with Crippen LogP contribution in [0.15, 0.2) is 46.9 Å². The summed E-state index contributed by atoms with van der Waals surface area (Å²) in [5.41, 5.74) is 2.79. The highest BCUT2D eigenvalue weighted by Crippen LogP contribution is 2.31. The summed E-state index contributed by atoms with van der Waals surface area (Å²) in [6.07, 6.45) is 0.900. The van der Waals surface area contributed by atoms with Gasteiger partial charge in [0.15, 0.2) is 5.13 Å². The molecule has 160 valence electrons. The molecule has 30 heavy (non-hydrogen) atoms. The van der Waals surface area contributed by atoms with E-state index in [9.17, 15) is 4.79 Å². The number of para-hydroxylation sites is 1. The summed E-state index contributed by atoms with van der Waals surface area (Å²) in [5.74, 6) is -0.00353. The highest BCUT2D eigenvalue weighted by atomic mass is 79.9. The number of carbonyl (C=O) groups is 1. The summed E-state index contributed by atoms with van der Waals surface area (Å²) in [4.78, 5) is 22.4. The molecule has 0 unspecified atom stereocenters. The highest BCUT2D eigenvalue weighted by Gasteiger charge is 2.22. The number of thiazole rings is 1. The van der Waals surface area contributed by atoms with Gasteiger partial charge in [0.1, 0.15) is 0 Å². The molecule has 5 nitrogen and oxygen atoms in total. The highest BCUT2D eigenvalue weighted by molar-refractivity contribution is 9.10. The zero-order valence-electron chi connectivity index (χ0n) is 16.8. The number of carbonyl (C=O) groups excluding carboxylic acids is 1. The lowest BCUT2D eigenvalue weighted by Crippen LogP contribution is -2.39. The maximum atomic E-state index is 13.3. The van der Waals surface area contributed by atoms with Crippen molar-refractivity contribution in [2.75, 3.05) is 44.3 Å². The average molecular weight is 511 g/mol. The van der Waals surface area contributed by atoms with Crippen molar-refractivity contribution in [3.05, 3.63) is 58.1 Å². The number of nitrogens with zero attached hydrogens (tertiary/aromatic N) is 3. The molecule has 4 rings (SSSR count). The minimum atomic E-state index is -0.00353. The van der Waals surface area contributed by atoms with Gasteiger partial charge in [0, 0.05) is 36.2 Å². The monoisotopic (exact) mass is 509 g/mol.